The minimum atomic E-state index is 0.257. The Bertz CT molecular complexity index is 641. The molecule has 0 saturated heterocycles. The Morgan fingerprint density at radius 1 is 1.00 bits per heavy atom. The minimum Gasteiger partial charge on any atom is -0.469 e. The van der Waals surface area contributed by atoms with Crippen molar-refractivity contribution < 1.29 is 8.83 Å². The van der Waals surface area contributed by atoms with Crippen LogP contribution in [0.2, 0.25) is 0 Å². The number of rotatable bonds is 5. The first-order valence-electron chi connectivity index (χ1n) is 6.80. The molecule has 0 aromatic carbocycles. The summed E-state index contributed by atoms with van der Waals surface area (Å²) < 4.78 is 11.2. The van der Waals surface area contributed by atoms with Crippen molar-refractivity contribution in [3.05, 3.63) is 77.9 Å². The van der Waals surface area contributed by atoms with Crippen molar-refractivity contribution >= 4 is 0 Å². The van der Waals surface area contributed by atoms with Crippen LogP contribution >= 0.6 is 0 Å². The van der Waals surface area contributed by atoms with Gasteiger partial charge in [0.25, 0.3) is 0 Å². The van der Waals surface area contributed by atoms with Gasteiger partial charge in [-0.15, -0.1) is 0 Å². The van der Waals surface area contributed by atoms with E-state index in [1.54, 1.807) is 6.26 Å². The number of aryl methyl sites for hydroxylation is 1. The zero-order valence-corrected chi connectivity index (χ0v) is 11.5. The normalized spacial score (nSPS) is 12.4. The van der Waals surface area contributed by atoms with Crippen molar-refractivity contribution in [3.63, 3.8) is 0 Å². The maximum absolute atomic E-state index is 5.70. The largest absolute Gasteiger partial charge is 0.469 e. The van der Waals surface area contributed by atoms with Gasteiger partial charge in [0.1, 0.15) is 17.3 Å². The highest BCUT2D eigenvalue weighted by Crippen LogP contribution is 2.24. The molecule has 0 bridgehead atoms. The van der Waals surface area contributed by atoms with E-state index in [4.69, 9.17) is 8.83 Å². The molecule has 0 radical (unpaired) electrons. The van der Waals surface area contributed by atoms with Crippen LogP contribution in [0.3, 0.4) is 0 Å². The number of pyridine rings is 1. The Labute approximate surface area is 118 Å². The van der Waals surface area contributed by atoms with Gasteiger partial charge in [-0.3, -0.25) is 4.98 Å². The fourth-order valence-corrected chi connectivity index (χ4v) is 2.41. The molecule has 0 fully saturated rings. The summed E-state index contributed by atoms with van der Waals surface area (Å²) in [6.07, 6.45) is 5.19. The quantitative estimate of drug-likeness (QED) is 0.697. The summed E-state index contributed by atoms with van der Waals surface area (Å²) in [6.45, 7) is 1.96. The van der Waals surface area contributed by atoms with Gasteiger partial charge in [0, 0.05) is 30.7 Å². The zero-order valence-electron chi connectivity index (χ0n) is 11.5. The van der Waals surface area contributed by atoms with Crippen molar-refractivity contribution in [2.24, 2.45) is 0 Å². The first kappa shape index (κ1) is 12.7. The maximum Gasteiger partial charge on any atom is 0.104 e. The lowest BCUT2D eigenvalue weighted by Crippen LogP contribution is -2.07. The third-order valence-electron chi connectivity index (χ3n) is 3.38. The number of hydrogen-bond acceptors (Lipinski definition) is 3. The molecule has 0 aliphatic carbocycles. The summed E-state index contributed by atoms with van der Waals surface area (Å²) in [4.78, 5) is 4.48. The molecule has 0 amide bonds. The van der Waals surface area contributed by atoms with Gasteiger partial charge in [0.15, 0.2) is 0 Å². The molecule has 0 aliphatic rings. The van der Waals surface area contributed by atoms with Gasteiger partial charge in [-0.1, -0.05) is 6.07 Å². The predicted octanol–water partition coefficient (Wildman–Crippen LogP) is 4.15. The predicted molar refractivity (Wildman–Crippen MR) is 76.5 cm³/mol. The van der Waals surface area contributed by atoms with Crippen molar-refractivity contribution in [3.8, 4) is 0 Å². The summed E-state index contributed by atoms with van der Waals surface area (Å²) in [7, 11) is 0. The molecule has 0 saturated carbocycles. The molecule has 0 spiro atoms. The average molecular weight is 267 g/mol. The van der Waals surface area contributed by atoms with Crippen molar-refractivity contribution in [1.29, 1.82) is 0 Å². The van der Waals surface area contributed by atoms with E-state index in [-0.39, 0.29) is 5.92 Å². The molecule has 3 aromatic heterocycles. The van der Waals surface area contributed by atoms with E-state index in [0.29, 0.717) is 0 Å². The molecule has 0 N–H and O–H groups in total. The van der Waals surface area contributed by atoms with Gasteiger partial charge < -0.3 is 8.83 Å². The second-order valence-corrected chi connectivity index (χ2v) is 4.95. The Morgan fingerprint density at radius 3 is 2.55 bits per heavy atom. The molecule has 3 heterocycles. The SMILES string of the molecule is Cc1ccc(CC(Cc2ccco2)c2ccccn2)o1. The van der Waals surface area contributed by atoms with Gasteiger partial charge >= 0.3 is 0 Å². The van der Waals surface area contributed by atoms with E-state index in [0.717, 1.165) is 35.8 Å². The second-order valence-electron chi connectivity index (χ2n) is 4.95. The van der Waals surface area contributed by atoms with Crippen LogP contribution in [0.1, 0.15) is 28.9 Å². The summed E-state index contributed by atoms with van der Waals surface area (Å²) in [5.74, 6) is 3.17. The molecule has 3 rings (SSSR count). The Morgan fingerprint density at radius 2 is 1.90 bits per heavy atom. The minimum absolute atomic E-state index is 0.257. The van der Waals surface area contributed by atoms with Gasteiger partial charge in [0.05, 0.1) is 6.26 Å². The number of furan rings is 2. The van der Waals surface area contributed by atoms with Gasteiger partial charge in [-0.05, 0) is 43.3 Å². The van der Waals surface area contributed by atoms with Crippen LogP contribution in [0, 0.1) is 6.92 Å². The molecular formula is C17H17NO2. The first-order valence-corrected chi connectivity index (χ1v) is 6.80. The summed E-state index contributed by atoms with van der Waals surface area (Å²) in [5, 5.41) is 0. The maximum atomic E-state index is 5.70. The molecule has 1 atom stereocenters. The van der Waals surface area contributed by atoms with Crippen LogP contribution in [0.25, 0.3) is 0 Å². The van der Waals surface area contributed by atoms with E-state index in [2.05, 4.69) is 11.1 Å². The molecular weight excluding hydrogens is 250 g/mol. The lowest BCUT2D eigenvalue weighted by molar-refractivity contribution is 0.439. The van der Waals surface area contributed by atoms with Gasteiger partial charge in [-0.25, -0.2) is 0 Å². The summed E-state index contributed by atoms with van der Waals surface area (Å²) >= 11 is 0. The Hall–Kier alpha value is -2.29. The molecule has 20 heavy (non-hydrogen) atoms. The third-order valence-corrected chi connectivity index (χ3v) is 3.38. The van der Waals surface area contributed by atoms with Gasteiger partial charge in [-0.2, -0.15) is 0 Å². The monoisotopic (exact) mass is 267 g/mol. The Balaban J connectivity index is 1.83. The van der Waals surface area contributed by atoms with Crippen LogP contribution in [-0.4, -0.2) is 4.98 Å². The van der Waals surface area contributed by atoms with Crippen molar-refractivity contribution in [1.82, 2.24) is 4.98 Å². The fourth-order valence-electron chi connectivity index (χ4n) is 2.41. The smallest absolute Gasteiger partial charge is 0.104 e. The van der Waals surface area contributed by atoms with Crippen LogP contribution in [0.15, 0.2) is 63.8 Å². The summed E-state index contributed by atoms with van der Waals surface area (Å²) in [5.41, 5.74) is 1.07. The van der Waals surface area contributed by atoms with Gasteiger partial charge in [0.2, 0.25) is 0 Å². The molecule has 0 aliphatic heterocycles. The van der Waals surface area contributed by atoms with E-state index < -0.39 is 0 Å². The van der Waals surface area contributed by atoms with E-state index >= 15 is 0 Å². The van der Waals surface area contributed by atoms with Crippen LogP contribution < -0.4 is 0 Å². The molecule has 3 heteroatoms. The highest BCUT2D eigenvalue weighted by atomic mass is 16.3. The fraction of sp³-hybridized carbons (Fsp3) is 0.235. The second kappa shape index (κ2) is 5.78. The Kier molecular flexibility index (Phi) is 3.68. The van der Waals surface area contributed by atoms with Crippen LogP contribution in [0.5, 0.6) is 0 Å². The van der Waals surface area contributed by atoms with Crippen molar-refractivity contribution in [2.45, 2.75) is 25.7 Å². The molecule has 1 unspecified atom stereocenters. The highest BCUT2D eigenvalue weighted by Gasteiger charge is 2.17. The lowest BCUT2D eigenvalue weighted by atomic mass is 9.94. The highest BCUT2D eigenvalue weighted by molar-refractivity contribution is 5.17. The number of nitrogens with zero attached hydrogens (tertiary/aromatic N) is 1. The standard InChI is InChI=1S/C17H17NO2/c1-13-7-8-16(20-13)12-14(11-15-5-4-10-19-15)17-6-2-3-9-18-17/h2-10,14H,11-12H2,1H3. The number of aromatic nitrogens is 1. The molecule has 3 aromatic rings. The van der Waals surface area contributed by atoms with E-state index in [1.807, 2.05) is 49.5 Å². The zero-order chi connectivity index (χ0) is 13.8. The van der Waals surface area contributed by atoms with Crippen LogP contribution in [0.4, 0.5) is 0 Å². The topological polar surface area (TPSA) is 39.2 Å². The number of hydrogen-bond donors (Lipinski definition) is 0. The average Bonchev–Trinajstić information content (AvgIpc) is 3.11. The third kappa shape index (κ3) is 2.99. The molecule has 3 nitrogen and oxygen atoms in total. The van der Waals surface area contributed by atoms with Crippen molar-refractivity contribution in [2.75, 3.05) is 0 Å². The first-order chi connectivity index (χ1) is 9.81. The van der Waals surface area contributed by atoms with E-state index in [9.17, 15) is 0 Å². The summed E-state index contributed by atoms with van der Waals surface area (Å²) in [6, 6.07) is 14.0. The lowest BCUT2D eigenvalue weighted by Gasteiger charge is -2.13. The molecule has 102 valence electrons. The van der Waals surface area contributed by atoms with E-state index in [1.165, 1.54) is 0 Å². The van der Waals surface area contributed by atoms with Crippen LogP contribution in [-0.2, 0) is 12.8 Å².